The summed E-state index contributed by atoms with van der Waals surface area (Å²) in [7, 11) is 1.31. The first-order chi connectivity index (χ1) is 13.8. The number of Topliss-reactive ketones (excluding diaryl/α,β-unsaturated/α-hetero) is 1. The van der Waals surface area contributed by atoms with Crippen LogP contribution in [-0.2, 0) is 19.1 Å². The standard InChI is InChI=1S/C21H28Cl2N2O4/c1-14(26)4-3-7-25-8-5-15(6-9-25)21(28)24-19(13-20(27)29-2)16-10-17(22)12-18(23)11-16/h10-12,15,19H,3-9,13H2,1-2H3,(H,24,28)/t19-/m0/s1. The van der Waals surface area contributed by atoms with Crippen LogP contribution in [0.1, 0.15) is 50.6 Å². The number of ketones is 1. The highest BCUT2D eigenvalue weighted by Gasteiger charge is 2.28. The molecule has 0 radical (unpaired) electrons. The molecule has 1 N–H and O–H groups in total. The average molecular weight is 443 g/mol. The van der Waals surface area contributed by atoms with Gasteiger partial charge in [0.1, 0.15) is 5.78 Å². The van der Waals surface area contributed by atoms with Crippen LogP contribution < -0.4 is 5.32 Å². The van der Waals surface area contributed by atoms with Gasteiger partial charge in [-0.2, -0.15) is 0 Å². The first kappa shape index (κ1) is 23.6. The monoisotopic (exact) mass is 442 g/mol. The summed E-state index contributed by atoms with van der Waals surface area (Å²) in [6.45, 7) is 4.12. The molecule has 6 nitrogen and oxygen atoms in total. The van der Waals surface area contributed by atoms with E-state index < -0.39 is 12.0 Å². The van der Waals surface area contributed by atoms with Gasteiger partial charge in [0.05, 0.1) is 19.6 Å². The molecular weight excluding hydrogens is 415 g/mol. The van der Waals surface area contributed by atoms with Gasteiger partial charge in [0.2, 0.25) is 5.91 Å². The van der Waals surface area contributed by atoms with Gasteiger partial charge in [0.15, 0.2) is 0 Å². The zero-order valence-corrected chi connectivity index (χ0v) is 18.4. The maximum absolute atomic E-state index is 12.8. The molecule has 1 aliphatic heterocycles. The molecule has 1 amide bonds. The van der Waals surface area contributed by atoms with Gasteiger partial charge in [0, 0.05) is 22.4 Å². The molecule has 0 saturated carbocycles. The molecule has 8 heteroatoms. The van der Waals surface area contributed by atoms with Crippen LogP contribution in [0.3, 0.4) is 0 Å². The van der Waals surface area contributed by atoms with E-state index in [9.17, 15) is 14.4 Å². The van der Waals surface area contributed by atoms with Gasteiger partial charge >= 0.3 is 5.97 Å². The number of methoxy groups -OCH3 is 1. The predicted molar refractivity (Wildman–Crippen MR) is 113 cm³/mol. The Hall–Kier alpha value is -1.63. The average Bonchev–Trinajstić information content (AvgIpc) is 2.66. The largest absolute Gasteiger partial charge is 0.469 e. The van der Waals surface area contributed by atoms with Crippen molar-refractivity contribution in [2.75, 3.05) is 26.7 Å². The van der Waals surface area contributed by atoms with Crippen LogP contribution in [0.2, 0.25) is 10.0 Å². The van der Waals surface area contributed by atoms with Gasteiger partial charge < -0.3 is 19.7 Å². The highest BCUT2D eigenvalue weighted by atomic mass is 35.5. The molecule has 1 aromatic carbocycles. The van der Waals surface area contributed by atoms with Crippen molar-refractivity contribution in [1.29, 1.82) is 0 Å². The van der Waals surface area contributed by atoms with Crippen molar-refractivity contribution >= 4 is 40.9 Å². The molecule has 0 spiro atoms. The Morgan fingerprint density at radius 3 is 2.34 bits per heavy atom. The first-order valence-corrected chi connectivity index (χ1v) is 10.6. The number of likely N-dealkylation sites (tertiary alicyclic amines) is 1. The zero-order chi connectivity index (χ0) is 21.4. The van der Waals surface area contributed by atoms with Crippen molar-refractivity contribution in [1.82, 2.24) is 10.2 Å². The Balaban J connectivity index is 1.96. The van der Waals surface area contributed by atoms with E-state index >= 15 is 0 Å². The molecule has 1 saturated heterocycles. The normalized spacial score (nSPS) is 16.3. The quantitative estimate of drug-likeness (QED) is 0.588. The number of amides is 1. The molecular formula is C21H28Cl2N2O4. The molecule has 1 fully saturated rings. The van der Waals surface area contributed by atoms with Gasteiger partial charge in [-0.15, -0.1) is 0 Å². The van der Waals surface area contributed by atoms with Crippen LogP contribution >= 0.6 is 23.2 Å². The fraction of sp³-hybridized carbons (Fsp3) is 0.571. The Morgan fingerprint density at radius 1 is 1.17 bits per heavy atom. The van der Waals surface area contributed by atoms with Crippen molar-refractivity contribution in [3.8, 4) is 0 Å². The summed E-state index contributed by atoms with van der Waals surface area (Å²) >= 11 is 12.2. The fourth-order valence-corrected chi connectivity index (χ4v) is 4.08. The lowest BCUT2D eigenvalue weighted by atomic mass is 9.94. The second kappa shape index (κ2) is 11.5. The third-order valence-corrected chi connectivity index (χ3v) is 5.60. The summed E-state index contributed by atoms with van der Waals surface area (Å²) in [5.41, 5.74) is 0.669. The summed E-state index contributed by atoms with van der Waals surface area (Å²) in [6.07, 6.45) is 2.93. The maximum atomic E-state index is 12.8. The first-order valence-electron chi connectivity index (χ1n) is 9.83. The zero-order valence-electron chi connectivity index (χ0n) is 16.9. The molecule has 0 unspecified atom stereocenters. The molecule has 29 heavy (non-hydrogen) atoms. The molecule has 0 aromatic heterocycles. The highest BCUT2D eigenvalue weighted by Crippen LogP contribution is 2.27. The second-order valence-corrected chi connectivity index (χ2v) is 8.34. The van der Waals surface area contributed by atoms with E-state index in [0.29, 0.717) is 22.0 Å². The number of nitrogens with zero attached hydrogens (tertiary/aromatic N) is 1. The van der Waals surface area contributed by atoms with Crippen LogP contribution in [0, 0.1) is 5.92 Å². The van der Waals surface area contributed by atoms with Crippen LogP contribution in [0.5, 0.6) is 0 Å². The number of hydrogen-bond donors (Lipinski definition) is 1. The van der Waals surface area contributed by atoms with E-state index in [0.717, 1.165) is 38.9 Å². The van der Waals surface area contributed by atoms with Gasteiger partial charge in [-0.25, -0.2) is 0 Å². The molecule has 160 valence electrons. The number of esters is 1. The Bertz CT molecular complexity index is 713. The van der Waals surface area contributed by atoms with Gasteiger partial charge in [-0.3, -0.25) is 9.59 Å². The van der Waals surface area contributed by atoms with Crippen LogP contribution in [-0.4, -0.2) is 49.3 Å². The lowest BCUT2D eigenvalue weighted by Gasteiger charge is -2.32. The van der Waals surface area contributed by atoms with Crippen molar-refractivity contribution in [2.24, 2.45) is 5.92 Å². The van der Waals surface area contributed by atoms with Crippen LogP contribution in [0.15, 0.2) is 18.2 Å². The second-order valence-electron chi connectivity index (χ2n) is 7.47. The Morgan fingerprint density at radius 2 is 1.79 bits per heavy atom. The molecule has 1 aromatic rings. The molecule has 1 atom stereocenters. The maximum Gasteiger partial charge on any atom is 0.307 e. The minimum Gasteiger partial charge on any atom is -0.469 e. The van der Waals surface area contributed by atoms with E-state index in [1.54, 1.807) is 25.1 Å². The van der Waals surface area contributed by atoms with E-state index in [1.807, 2.05) is 0 Å². The SMILES string of the molecule is COC(=O)C[C@H](NC(=O)C1CCN(CCCC(C)=O)CC1)c1cc(Cl)cc(Cl)c1. The van der Waals surface area contributed by atoms with Crippen molar-refractivity contribution in [3.05, 3.63) is 33.8 Å². The van der Waals surface area contributed by atoms with E-state index in [-0.39, 0.29) is 24.0 Å². The summed E-state index contributed by atoms with van der Waals surface area (Å²) < 4.78 is 4.77. The predicted octanol–water partition coefficient (Wildman–Crippen LogP) is 3.80. The summed E-state index contributed by atoms with van der Waals surface area (Å²) in [5.74, 6) is -0.420. The highest BCUT2D eigenvalue weighted by molar-refractivity contribution is 6.34. The number of carbonyl (C=O) groups excluding carboxylic acids is 3. The van der Waals surface area contributed by atoms with E-state index in [4.69, 9.17) is 27.9 Å². The Kier molecular flexibility index (Phi) is 9.40. The number of hydrogen-bond acceptors (Lipinski definition) is 5. The number of nitrogens with one attached hydrogen (secondary N) is 1. The number of halogens is 2. The minimum absolute atomic E-state index is 0.00278. The number of carbonyl (C=O) groups is 3. The summed E-state index contributed by atoms with van der Waals surface area (Å²) in [5, 5.41) is 3.86. The molecule has 1 aliphatic rings. The van der Waals surface area contributed by atoms with Gasteiger partial charge in [0.25, 0.3) is 0 Å². The number of benzene rings is 1. The van der Waals surface area contributed by atoms with Crippen molar-refractivity contribution in [2.45, 2.75) is 45.1 Å². The number of ether oxygens (including phenoxy) is 1. The lowest BCUT2D eigenvalue weighted by molar-refractivity contribution is -0.141. The van der Waals surface area contributed by atoms with Gasteiger partial charge in [-0.1, -0.05) is 23.2 Å². The van der Waals surface area contributed by atoms with Crippen molar-refractivity contribution < 1.29 is 19.1 Å². The van der Waals surface area contributed by atoms with Crippen LogP contribution in [0.25, 0.3) is 0 Å². The minimum atomic E-state index is -0.556. The topological polar surface area (TPSA) is 75.7 Å². The molecule has 2 rings (SSSR count). The lowest BCUT2D eigenvalue weighted by Crippen LogP contribution is -2.42. The van der Waals surface area contributed by atoms with Crippen molar-refractivity contribution in [3.63, 3.8) is 0 Å². The van der Waals surface area contributed by atoms with Crippen LogP contribution in [0.4, 0.5) is 0 Å². The third kappa shape index (κ3) is 7.96. The molecule has 0 bridgehead atoms. The Labute approximate surface area is 181 Å². The van der Waals surface area contributed by atoms with Gasteiger partial charge in [-0.05, 0) is 69.6 Å². The summed E-state index contributed by atoms with van der Waals surface area (Å²) in [4.78, 5) is 38.0. The number of piperidine rings is 1. The molecule has 1 heterocycles. The van der Waals surface area contributed by atoms with E-state index in [1.165, 1.54) is 7.11 Å². The van der Waals surface area contributed by atoms with E-state index in [2.05, 4.69) is 10.2 Å². The fourth-order valence-electron chi connectivity index (χ4n) is 3.54. The smallest absolute Gasteiger partial charge is 0.307 e. The molecule has 0 aliphatic carbocycles. The number of rotatable bonds is 9. The summed E-state index contributed by atoms with van der Waals surface area (Å²) in [6, 6.07) is 4.43. The third-order valence-electron chi connectivity index (χ3n) is 5.16.